The van der Waals surface area contributed by atoms with Gasteiger partial charge in [-0.25, -0.2) is 4.39 Å². The van der Waals surface area contributed by atoms with Gasteiger partial charge in [-0.15, -0.1) is 0 Å². The fourth-order valence-corrected chi connectivity index (χ4v) is 3.09. The Bertz CT molecular complexity index is 933. The molecule has 6 heteroatoms. The molecule has 2 aromatic carbocycles. The van der Waals surface area contributed by atoms with E-state index in [-0.39, 0.29) is 16.5 Å². The number of carbonyl (C=O) groups is 1. The number of rotatable bonds is 4. The van der Waals surface area contributed by atoms with Crippen LogP contribution in [-0.2, 0) is 6.54 Å². The number of amides is 1. The zero-order valence-electron chi connectivity index (χ0n) is 12.8. The Hall–Kier alpha value is -2.40. The largest absolute Gasteiger partial charge is 0.348 e. The first-order chi connectivity index (χ1) is 11.6. The van der Waals surface area contributed by atoms with Gasteiger partial charge in [0.1, 0.15) is 5.82 Å². The zero-order chi connectivity index (χ0) is 16.7. The van der Waals surface area contributed by atoms with Gasteiger partial charge in [-0.05, 0) is 54.2 Å². The lowest BCUT2D eigenvalue weighted by Crippen LogP contribution is -2.23. The maximum Gasteiger partial charge on any atom is 0.251 e. The van der Waals surface area contributed by atoms with Crippen LogP contribution in [0.5, 0.6) is 0 Å². The van der Waals surface area contributed by atoms with Gasteiger partial charge in [0.25, 0.3) is 5.91 Å². The molecule has 0 bridgehead atoms. The standard InChI is InChI=1S/C18H15ClFN3O/c19-15-5-3-11(7-16(15)20)18(24)21-8-13-12(10-1-2-10)4-6-17-14(13)9-22-23-17/h3-7,9-10H,1-2,8H2,(H,21,24)(H,22,23). The number of fused-ring (bicyclic) bond motifs is 1. The first-order valence-electron chi connectivity index (χ1n) is 7.81. The molecule has 0 spiro atoms. The van der Waals surface area contributed by atoms with E-state index in [4.69, 9.17) is 11.6 Å². The van der Waals surface area contributed by atoms with E-state index in [0.29, 0.717) is 12.5 Å². The molecule has 1 heterocycles. The molecule has 0 saturated heterocycles. The van der Waals surface area contributed by atoms with E-state index >= 15 is 0 Å². The molecular formula is C18H15ClFN3O. The minimum atomic E-state index is -0.597. The lowest BCUT2D eigenvalue weighted by molar-refractivity contribution is 0.0950. The fraction of sp³-hybridized carbons (Fsp3) is 0.222. The maximum atomic E-state index is 13.5. The molecule has 4 nitrogen and oxygen atoms in total. The van der Waals surface area contributed by atoms with Crippen LogP contribution < -0.4 is 5.32 Å². The highest BCUT2D eigenvalue weighted by Gasteiger charge is 2.27. The van der Waals surface area contributed by atoms with Crippen molar-refractivity contribution in [1.29, 1.82) is 0 Å². The molecule has 0 aliphatic heterocycles. The van der Waals surface area contributed by atoms with Crippen molar-refractivity contribution in [2.24, 2.45) is 0 Å². The molecule has 0 atom stereocenters. The van der Waals surface area contributed by atoms with Crippen molar-refractivity contribution >= 4 is 28.4 Å². The molecule has 1 saturated carbocycles. The van der Waals surface area contributed by atoms with E-state index in [1.54, 1.807) is 6.20 Å². The average molecular weight is 344 g/mol. The molecule has 122 valence electrons. The highest BCUT2D eigenvalue weighted by atomic mass is 35.5. The Balaban J connectivity index is 1.60. The SMILES string of the molecule is O=C(NCc1c(C2CC2)ccc2[nH]ncc12)c1ccc(Cl)c(F)c1. The van der Waals surface area contributed by atoms with Gasteiger partial charge in [0.05, 0.1) is 16.7 Å². The Morgan fingerprint density at radius 3 is 2.92 bits per heavy atom. The van der Waals surface area contributed by atoms with Gasteiger partial charge in [0.2, 0.25) is 0 Å². The monoisotopic (exact) mass is 343 g/mol. The molecule has 2 N–H and O–H groups in total. The van der Waals surface area contributed by atoms with Crippen molar-refractivity contribution in [3.8, 4) is 0 Å². The van der Waals surface area contributed by atoms with Crippen molar-refractivity contribution in [1.82, 2.24) is 15.5 Å². The van der Waals surface area contributed by atoms with Crippen LogP contribution in [-0.4, -0.2) is 16.1 Å². The summed E-state index contributed by atoms with van der Waals surface area (Å²) >= 11 is 5.66. The number of hydrogen-bond acceptors (Lipinski definition) is 2. The summed E-state index contributed by atoms with van der Waals surface area (Å²) in [6, 6.07) is 8.18. The zero-order valence-corrected chi connectivity index (χ0v) is 13.5. The van der Waals surface area contributed by atoms with Crippen LogP contribution in [0, 0.1) is 5.82 Å². The minimum Gasteiger partial charge on any atom is -0.348 e. The summed E-state index contributed by atoms with van der Waals surface area (Å²) in [5.74, 6) is -0.364. The maximum absolute atomic E-state index is 13.5. The number of carbonyl (C=O) groups excluding carboxylic acids is 1. The molecule has 1 aliphatic carbocycles. The second-order valence-corrected chi connectivity index (χ2v) is 6.46. The number of aromatic nitrogens is 2. The first-order valence-corrected chi connectivity index (χ1v) is 8.19. The van der Waals surface area contributed by atoms with Crippen molar-refractivity contribution in [2.75, 3.05) is 0 Å². The summed E-state index contributed by atoms with van der Waals surface area (Å²) < 4.78 is 13.5. The van der Waals surface area contributed by atoms with E-state index in [1.807, 2.05) is 6.07 Å². The fourth-order valence-electron chi connectivity index (χ4n) is 2.98. The quantitative estimate of drug-likeness (QED) is 0.747. The highest BCUT2D eigenvalue weighted by Crippen LogP contribution is 2.43. The molecule has 1 amide bonds. The molecule has 4 rings (SSSR count). The number of hydrogen-bond donors (Lipinski definition) is 2. The predicted octanol–water partition coefficient (Wildman–Crippen LogP) is 4.16. The first kappa shape index (κ1) is 15.1. The topological polar surface area (TPSA) is 57.8 Å². The van der Waals surface area contributed by atoms with E-state index in [9.17, 15) is 9.18 Å². The predicted molar refractivity (Wildman–Crippen MR) is 90.6 cm³/mol. The van der Waals surface area contributed by atoms with E-state index in [2.05, 4.69) is 21.6 Å². The summed E-state index contributed by atoms with van der Waals surface area (Å²) in [6.07, 6.45) is 4.13. The van der Waals surface area contributed by atoms with Crippen molar-refractivity contribution < 1.29 is 9.18 Å². The third-order valence-corrected chi connectivity index (χ3v) is 4.70. The highest BCUT2D eigenvalue weighted by molar-refractivity contribution is 6.30. The van der Waals surface area contributed by atoms with Crippen LogP contribution in [0.1, 0.15) is 40.2 Å². The van der Waals surface area contributed by atoms with Gasteiger partial charge in [-0.2, -0.15) is 5.10 Å². The lowest BCUT2D eigenvalue weighted by Gasteiger charge is -2.12. The van der Waals surface area contributed by atoms with Gasteiger partial charge in [0, 0.05) is 17.5 Å². The number of H-pyrrole nitrogens is 1. The molecule has 1 fully saturated rings. The van der Waals surface area contributed by atoms with Crippen LogP contribution in [0.4, 0.5) is 4.39 Å². The summed E-state index contributed by atoms with van der Waals surface area (Å²) in [5, 5.41) is 10.9. The second-order valence-electron chi connectivity index (χ2n) is 6.05. The van der Waals surface area contributed by atoms with Gasteiger partial charge in [-0.1, -0.05) is 17.7 Å². The molecule has 0 unspecified atom stereocenters. The molecule has 1 aliphatic rings. The van der Waals surface area contributed by atoms with Crippen LogP contribution in [0.15, 0.2) is 36.5 Å². The third-order valence-electron chi connectivity index (χ3n) is 4.40. The normalized spacial score (nSPS) is 14.1. The number of nitrogens with one attached hydrogen (secondary N) is 2. The van der Waals surface area contributed by atoms with E-state index < -0.39 is 5.82 Å². The molecule has 3 aromatic rings. The Morgan fingerprint density at radius 1 is 1.33 bits per heavy atom. The molecule has 24 heavy (non-hydrogen) atoms. The van der Waals surface area contributed by atoms with Gasteiger partial charge in [-0.3, -0.25) is 9.89 Å². The smallest absolute Gasteiger partial charge is 0.251 e. The van der Waals surface area contributed by atoms with Crippen LogP contribution in [0.2, 0.25) is 5.02 Å². The Morgan fingerprint density at radius 2 is 2.17 bits per heavy atom. The van der Waals surface area contributed by atoms with Crippen LogP contribution in [0.3, 0.4) is 0 Å². The van der Waals surface area contributed by atoms with Gasteiger partial charge < -0.3 is 5.32 Å². The summed E-state index contributed by atoms with van der Waals surface area (Å²) in [7, 11) is 0. The Kier molecular flexibility index (Phi) is 3.73. The van der Waals surface area contributed by atoms with E-state index in [1.165, 1.54) is 30.5 Å². The van der Waals surface area contributed by atoms with Crippen molar-refractivity contribution in [2.45, 2.75) is 25.3 Å². The second kappa shape index (κ2) is 5.91. The molecule has 0 radical (unpaired) electrons. The number of benzene rings is 2. The summed E-state index contributed by atoms with van der Waals surface area (Å²) in [5.41, 5.74) is 3.53. The van der Waals surface area contributed by atoms with Crippen molar-refractivity contribution in [3.05, 3.63) is 64.1 Å². The van der Waals surface area contributed by atoms with Crippen molar-refractivity contribution in [3.63, 3.8) is 0 Å². The van der Waals surface area contributed by atoms with E-state index in [0.717, 1.165) is 22.5 Å². The Labute approximate surface area is 143 Å². The van der Waals surface area contributed by atoms with Gasteiger partial charge in [0.15, 0.2) is 0 Å². The number of nitrogens with zero attached hydrogens (tertiary/aromatic N) is 1. The summed E-state index contributed by atoms with van der Waals surface area (Å²) in [4.78, 5) is 12.3. The molecular weight excluding hydrogens is 329 g/mol. The number of aromatic amines is 1. The minimum absolute atomic E-state index is 0.00531. The average Bonchev–Trinajstić information content (AvgIpc) is 3.31. The van der Waals surface area contributed by atoms with Crippen LogP contribution in [0.25, 0.3) is 10.9 Å². The third kappa shape index (κ3) is 2.76. The summed E-state index contributed by atoms with van der Waals surface area (Å²) in [6.45, 7) is 0.381. The molecule has 1 aromatic heterocycles. The number of halogens is 2. The lowest BCUT2D eigenvalue weighted by atomic mass is 9.99. The van der Waals surface area contributed by atoms with Crippen LogP contribution >= 0.6 is 11.6 Å². The van der Waals surface area contributed by atoms with Gasteiger partial charge >= 0.3 is 0 Å².